The number of imide groups is 1. The quantitative estimate of drug-likeness (QED) is 0.597. The number of anilines is 1. The van der Waals surface area contributed by atoms with E-state index in [2.05, 4.69) is 14.4 Å². The molecular formula is C6H4N2O4. The van der Waals surface area contributed by atoms with Crippen LogP contribution in [0.2, 0.25) is 0 Å². The normalized spacial score (nSPS) is 16.8. The molecule has 1 aliphatic heterocycles. The van der Waals surface area contributed by atoms with E-state index in [1.807, 2.05) is 0 Å². The lowest BCUT2D eigenvalue weighted by Gasteiger charge is -2.02. The summed E-state index contributed by atoms with van der Waals surface area (Å²) >= 11 is 0. The zero-order chi connectivity index (χ0) is 8.55. The van der Waals surface area contributed by atoms with Crippen LogP contribution in [-0.2, 0) is 9.53 Å². The number of nitrogens with zero attached hydrogens (tertiary/aromatic N) is 2. The van der Waals surface area contributed by atoms with E-state index in [1.54, 1.807) is 0 Å². The van der Waals surface area contributed by atoms with Crippen LogP contribution < -0.4 is 4.90 Å². The minimum atomic E-state index is -0.725. The summed E-state index contributed by atoms with van der Waals surface area (Å²) in [5, 5.41) is 3.36. The molecule has 0 aromatic carbocycles. The largest absolute Gasteiger partial charge is 0.439 e. The minimum absolute atomic E-state index is 0.0856. The van der Waals surface area contributed by atoms with Crippen LogP contribution in [0.3, 0.4) is 0 Å². The Labute approximate surface area is 66.7 Å². The van der Waals surface area contributed by atoms with Crippen molar-refractivity contribution in [3.05, 3.63) is 12.3 Å². The van der Waals surface area contributed by atoms with Crippen molar-refractivity contribution in [1.82, 2.24) is 5.16 Å². The van der Waals surface area contributed by atoms with Crippen LogP contribution in [0.5, 0.6) is 0 Å². The molecule has 2 rings (SSSR count). The zero-order valence-corrected chi connectivity index (χ0v) is 5.89. The molecule has 0 atom stereocenters. The Morgan fingerprint density at radius 2 is 2.33 bits per heavy atom. The van der Waals surface area contributed by atoms with Crippen molar-refractivity contribution in [2.24, 2.45) is 0 Å². The molecule has 6 nitrogen and oxygen atoms in total. The van der Waals surface area contributed by atoms with Crippen molar-refractivity contribution < 1.29 is 18.8 Å². The van der Waals surface area contributed by atoms with E-state index >= 15 is 0 Å². The highest BCUT2D eigenvalue weighted by Crippen LogP contribution is 2.17. The summed E-state index contributed by atoms with van der Waals surface area (Å²) in [6.45, 7) is -0.237. The fourth-order valence-corrected chi connectivity index (χ4v) is 0.892. The van der Waals surface area contributed by atoms with E-state index < -0.39 is 12.0 Å². The highest BCUT2D eigenvalue weighted by Gasteiger charge is 2.34. The lowest BCUT2D eigenvalue weighted by atomic mass is 10.5. The molecule has 12 heavy (non-hydrogen) atoms. The van der Waals surface area contributed by atoms with Crippen molar-refractivity contribution in [3.63, 3.8) is 0 Å². The molecule has 0 N–H and O–H groups in total. The van der Waals surface area contributed by atoms with E-state index in [4.69, 9.17) is 0 Å². The summed E-state index contributed by atoms with van der Waals surface area (Å²) in [5.74, 6) is -0.362. The molecular weight excluding hydrogens is 164 g/mol. The van der Waals surface area contributed by atoms with Gasteiger partial charge in [0.25, 0.3) is 5.91 Å². The summed E-state index contributed by atoms with van der Waals surface area (Å²) in [5.41, 5.74) is 0. The third kappa shape index (κ3) is 0.849. The number of hydrogen-bond acceptors (Lipinski definition) is 5. The predicted molar refractivity (Wildman–Crippen MR) is 35.3 cm³/mol. The van der Waals surface area contributed by atoms with Crippen molar-refractivity contribution in [3.8, 4) is 0 Å². The van der Waals surface area contributed by atoms with Crippen LogP contribution in [0.1, 0.15) is 0 Å². The molecule has 1 aliphatic rings. The number of carbonyl (C=O) groups is 2. The highest BCUT2D eigenvalue weighted by molar-refractivity contribution is 6.15. The first-order chi connectivity index (χ1) is 5.79. The van der Waals surface area contributed by atoms with E-state index in [0.717, 1.165) is 4.90 Å². The third-order valence-corrected chi connectivity index (χ3v) is 1.40. The molecule has 0 unspecified atom stereocenters. The van der Waals surface area contributed by atoms with Gasteiger partial charge < -0.3 is 9.26 Å². The highest BCUT2D eigenvalue weighted by atomic mass is 16.6. The average molecular weight is 168 g/mol. The van der Waals surface area contributed by atoms with Gasteiger partial charge in [0.2, 0.25) is 5.88 Å². The zero-order valence-electron chi connectivity index (χ0n) is 5.89. The first-order valence-corrected chi connectivity index (χ1v) is 3.19. The Kier molecular flexibility index (Phi) is 1.33. The van der Waals surface area contributed by atoms with Gasteiger partial charge in [-0.25, -0.2) is 4.79 Å². The number of hydrogen-bond donors (Lipinski definition) is 0. The summed E-state index contributed by atoms with van der Waals surface area (Å²) in [7, 11) is 0. The molecule has 0 aliphatic carbocycles. The van der Waals surface area contributed by atoms with Gasteiger partial charge in [-0.3, -0.25) is 4.79 Å². The van der Waals surface area contributed by atoms with Gasteiger partial charge in [-0.05, 0) is 0 Å². The van der Waals surface area contributed by atoms with Gasteiger partial charge in [0.05, 0.1) is 6.20 Å². The first kappa shape index (κ1) is 6.84. The summed E-state index contributed by atoms with van der Waals surface area (Å²) < 4.78 is 9.06. The lowest BCUT2D eigenvalue weighted by molar-refractivity contribution is -0.117. The Morgan fingerprint density at radius 1 is 1.50 bits per heavy atom. The van der Waals surface area contributed by atoms with Crippen LogP contribution in [-0.4, -0.2) is 23.8 Å². The summed E-state index contributed by atoms with van der Waals surface area (Å²) in [6, 6.07) is 1.41. The van der Waals surface area contributed by atoms with Crippen molar-refractivity contribution in [2.45, 2.75) is 0 Å². The van der Waals surface area contributed by atoms with Gasteiger partial charge in [-0.2, -0.15) is 4.90 Å². The number of rotatable bonds is 1. The molecule has 2 heterocycles. The maximum Gasteiger partial charge on any atom is 0.424 e. The third-order valence-electron chi connectivity index (χ3n) is 1.40. The van der Waals surface area contributed by atoms with E-state index in [9.17, 15) is 9.59 Å². The van der Waals surface area contributed by atoms with Crippen LogP contribution in [0.25, 0.3) is 0 Å². The van der Waals surface area contributed by atoms with E-state index in [1.165, 1.54) is 12.3 Å². The van der Waals surface area contributed by atoms with Crippen LogP contribution in [0.4, 0.5) is 10.7 Å². The van der Waals surface area contributed by atoms with Gasteiger partial charge in [0.15, 0.2) is 6.61 Å². The molecule has 2 amide bonds. The van der Waals surface area contributed by atoms with Crippen molar-refractivity contribution >= 4 is 17.9 Å². The van der Waals surface area contributed by atoms with Crippen LogP contribution in [0.15, 0.2) is 16.8 Å². The maximum absolute atomic E-state index is 11.0. The maximum atomic E-state index is 11.0. The fraction of sp³-hybridized carbons (Fsp3) is 0.167. The van der Waals surface area contributed by atoms with Gasteiger partial charge in [0, 0.05) is 6.07 Å². The number of ether oxygens (including phenoxy) is 1. The van der Waals surface area contributed by atoms with Crippen LogP contribution >= 0.6 is 0 Å². The second kappa shape index (κ2) is 2.33. The number of amides is 2. The fourth-order valence-electron chi connectivity index (χ4n) is 0.892. The van der Waals surface area contributed by atoms with Crippen molar-refractivity contribution in [2.75, 3.05) is 11.5 Å². The molecule has 1 fully saturated rings. The molecule has 0 spiro atoms. The molecule has 0 saturated carbocycles. The Balaban J connectivity index is 2.34. The number of cyclic esters (lactones) is 1. The van der Waals surface area contributed by atoms with Crippen molar-refractivity contribution in [1.29, 1.82) is 0 Å². The molecule has 1 aromatic heterocycles. The molecule has 1 aromatic rings. The Hall–Kier alpha value is -1.85. The van der Waals surface area contributed by atoms with Gasteiger partial charge in [-0.15, -0.1) is 0 Å². The SMILES string of the molecule is O=C1COC(=O)N1c1ccno1. The second-order valence-corrected chi connectivity index (χ2v) is 2.13. The van der Waals surface area contributed by atoms with Gasteiger partial charge in [0.1, 0.15) is 0 Å². The first-order valence-electron chi connectivity index (χ1n) is 3.19. The second-order valence-electron chi connectivity index (χ2n) is 2.13. The molecule has 0 bridgehead atoms. The lowest BCUT2D eigenvalue weighted by Crippen LogP contribution is -2.28. The summed E-state index contributed by atoms with van der Waals surface area (Å²) in [4.78, 5) is 22.7. The molecule has 1 saturated heterocycles. The smallest absolute Gasteiger partial charge is 0.424 e. The summed E-state index contributed by atoms with van der Waals surface area (Å²) in [6.07, 6.45) is 0.616. The number of carbonyl (C=O) groups excluding carboxylic acids is 2. The Bertz CT molecular complexity index is 302. The average Bonchev–Trinajstić information content (AvgIpc) is 2.61. The van der Waals surface area contributed by atoms with E-state index in [-0.39, 0.29) is 12.5 Å². The molecule has 62 valence electrons. The topological polar surface area (TPSA) is 72.6 Å². The monoisotopic (exact) mass is 168 g/mol. The van der Waals surface area contributed by atoms with Crippen LogP contribution in [0, 0.1) is 0 Å². The van der Waals surface area contributed by atoms with Gasteiger partial charge >= 0.3 is 6.09 Å². The standard InChI is InChI=1S/C6H4N2O4/c9-4-3-11-6(10)8(4)5-1-2-7-12-5/h1-2H,3H2. The number of aromatic nitrogens is 1. The Morgan fingerprint density at radius 3 is 2.83 bits per heavy atom. The van der Waals surface area contributed by atoms with E-state index in [0.29, 0.717) is 0 Å². The molecule has 6 heteroatoms. The van der Waals surface area contributed by atoms with Gasteiger partial charge in [-0.1, -0.05) is 5.16 Å². The minimum Gasteiger partial charge on any atom is -0.439 e. The predicted octanol–water partition coefficient (Wildman–Crippen LogP) is 0.158. The molecule has 0 radical (unpaired) electrons.